The molecule has 2 rings (SSSR count). The van der Waals surface area contributed by atoms with Crippen LogP contribution in [0.4, 0.5) is 0 Å². The van der Waals surface area contributed by atoms with Crippen LogP contribution in [0.3, 0.4) is 0 Å². The molecule has 0 saturated heterocycles. The lowest BCUT2D eigenvalue weighted by molar-refractivity contribution is 0.405. The molecule has 0 bridgehead atoms. The number of phenols is 2. The van der Waals surface area contributed by atoms with Crippen molar-refractivity contribution in [2.75, 3.05) is 20.6 Å². The van der Waals surface area contributed by atoms with Gasteiger partial charge >= 0.3 is 0 Å². The van der Waals surface area contributed by atoms with Gasteiger partial charge in [0.25, 0.3) is 0 Å². The van der Waals surface area contributed by atoms with Crippen molar-refractivity contribution in [1.29, 1.82) is 0 Å². The summed E-state index contributed by atoms with van der Waals surface area (Å²) in [5.41, 5.74) is 1.23. The SMILES string of the molecule is CN(C)CCc1ccc2cc(O)c(O)cc2c1.Cl. The van der Waals surface area contributed by atoms with Gasteiger partial charge in [0.2, 0.25) is 0 Å². The Labute approximate surface area is 113 Å². The highest BCUT2D eigenvalue weighted by molar-refractivity contribution is 5.86. The van der Waals surface area contributed by atoms with Gasteiger partial charge in [0, 0.05) is 6.54 Å². The monoisotopic (exact) mass is 267 g/mol. The molecule has 4 heteroatoms. The molecule has 0 aliphatic rings. The van der Waals surface area contributed by atoms with Gasteiger partial charge < -0.3 is 15.1 Å². The van der Waals surface area contributed by atoms with Crippen LogP contribution in [0.2, 0.25) is 0 Å². The predicted molar refractivity (Wildman–Crippen MR) is 76.8 cm³/mol. The van der Waals surface area contributed by atoms with Gasteiger partial charge in [0.15, 0.2) is 11.5 Å². The van der Waals surface area contributed by atoms with E-state index in [1.807, 2.05) is 20.2 Å². The summed E-state index contributed by atoms with van der Waals surface area (Å²) in [4.78, 5) is 2.14. The maximum atomic E-state index is 9.47. The molecule has 2 aromatic rings. The smallest absolute Gasteiger partial charge is 0.158 e. The summed E-state index contributed by atoms with van der Waals surface area (Å²) in [5, 5.41) is 20.8. The molecule has 3 nitrogen and oxygen atoms in total. The highest BCUT2D eigenvalue weighted by Crippen LogP contribution is 2.30. The summed E-state index contributed by atoms with van der Waals surface area (Å²) in [5.74, 6) is -0.138. The van der Waals surface area contributed by atoms with Gasteiger partial charge in [-0.05, 0) is 49.0 Å². The fourth-order valence-corrected chi connectivity index (χ4v) is 1.83. The molecule has 0 radical (unpaired) electrons. The quantitative estimate of drug-likeness (QED) is 0.841. The lowest BCUT2D eigenvalue weighted by Crippen LogP contribution is -2.14. The first-order valence-electron chi connectivity index (χ1n) is 5.65. The van der Waals surface area contributed by atoms with Gasteiger partial charge in [-0.3, -0.25) is 0 Å². The Hall–Kier alpha value is -1.45. The second-order valence-corrected chi connectivity index (χ2v) is 4.58. The summed E-state index contributed by atoms with van der Waals surface area (Å²) in [7, 11) is 4.09. The van der Waals surface area contributed by atoms with Gasteiger partial charge in [-0.2, -0.15) is 0 Å². The Balaban J connectivity index is 0.00000162. The first kappa shape index (κ1) is 14.6. The zero-order valence-electron chi connectivity index (χ0n) is 10.6. The van der Waals surface area contributed by atoms with Crippen molar-refractivity contribution in [3.05, 3.63) is 35.9 Å². The third kappa shape index (κ3) is 3.28. The van der Waals surface area contributed by atoms with Crippen molar-refractivity contribution in [2.45, 2.75) is 6.42 Å². The summed E-state index contributed by atoms with van der Waals surface area (Å²) in [6.45, 7) is 0.996. The molecule has 2 N–H and O–H groups in total. The van der Waals surface area contributed by atoms with E-state index >= 15 is 0 Å². The summed E-state index contributed by atoms with van der Waals surface area (Å²) >= 11 is 0. The fraction of sp³-hybridized carbons (Fsp3) is 0.286. The van der Waals surface area contributed by atoms with Crippen LogP contribution in [0, 0.1) is 0 Å². The number of hydrogen-bond donors (Lipinski definition) is 2. The minimum atomic E-state index is -0.0708. The van der Waals surface area contributed by atoms with Crippen molar-refractivity contribution in [3.8, 4) is 11.5 Å². The second-order valence-electron chi connectivity index (χ2n) is 4.58. The first-order chi connectivity index (χ1) is 8.06. The molecule has 0 amide bonds. The predicted octanol–water partition coefficient (Wildman–Crippen LogP) is 2.78. The van der Waals surface area contributed by atoms with Crippen molar-refractivity contribution in [3.63, 3.8) is 0 Å². The van der Waals surface area contributed by atoms with Crippen LogP contribution in [0.15, 0.2) is 30.3 Å². The molecule has 0 fully saturated rings. The van der Waals surface area contributed by atoms with E-state index in [-0.39, 0.29) is 23.9 Å². The largest absolute Gasteiger partial charge is 0.504 e. The van der Waals surface area contributed by atoms with Crippen LogP contribution in [-0.2, 0) is 6.42 Å². The van der Waals surface area contributed by atoms with Crippen LogP contribution in [0.5, 0.6) is 11.5 Å². The van der Waals surface area contributed by atoms with E-state index in [1.54, 1.807) is 12.1 Å². The van der Waals surface area contributed by atoms with E-state index in [1.165, 1.54) is 5.56 Å². The molecule has 0 unspecified atom stereocenters. The lowest BCUT2D eigenvalue weighted by Gasteiger charge is -2.10. The zero-order valence-corrected chi connectivity index (χ0v) is 11.4. The number of rotatable bonds is 3. The third-order valence-corrected chi connectivity index (χ3v) is 2.85. The molecule has 0 spiro atoms. The molecular weight excluding hydrogens is 250 g/mol. The van der Waals surface area contributed by atoms with E-state index < -0.39 is 0 Å². The van der Waals surface area contributed by atoms with Gasteiger partial charge in [-0.25, -0.2) is 0 Å². The lowest BCUT2D eigenvalue weighted by atomic mass is 10.0. The molecule has 0 saturated carbocycles. The van der Waals surface area contributed by atoms with Crippen molar-refractivity contribution in [2.24, 2.45) is 0 Å². The van der Waals surface area contributed by atoms with Crippen molar-refractivity contribution >= 4 is 23.2 Å². The number of benzene rings is 2. The first-order valence-corrected chi connectivity index (χ1v) is 5.65. The number of halogens is 1. The fourth-order valence-electron chi connectivity index (χ4n) is 1.83. The Bertz CT molecular complexity index is 541. The number of nitrogens with zero attached hydrogens (tertiary/aromatic N) is 1. The average Bonchev–Trinajstić information content (AvgIpc) is 2.28. The van der Waals surface area contributed by atoms with Crippen LogP contribution in [-0.4, -0.2) is 35.8 Å². The molecule has 2 aromatic carbocycles. The van der Waals surface area contributed by atoms with E-state index in [9.17, 15) is 10.2 Å². The minimum Gasteiger partial charge on any atom is -0.504 e. The van der Waals surface area contributed by atoms with Gasteiger partial charge in [-0.15, -0.1) is 12.4 Å². The number of aromatic hydroxyl groups is 2. The number of phenolic OH excluding ortho intramolecular Hbond substituents is 2. The molecule has 98 valence electrons. The van der Waals surface area contributed by atoms with Crippen LogP contribution < -0.4 is 0 Å². The number of fused-ring (bicyclic) bond motifs is 1. The zero-order chi connectivity index (χ0) is 12.4. The van der Waals surface area contributed by atoms with E-state index in [0.29, 0.717) is 0 Å². The summed E-state index contributed by atoms with van der Waals surface area (Å²) < 4.78 is 0. The summed E-state index contributed by atoms with van der Waals surface area (Å²) in [6.07, 6.45) is 0.977. The van der Waals surface area contributed by atoms with E-state index in [4.69, 9.17) is 0 Å². The standard InChI is InChI=1S/C14H17NO2.ClH/c1-15(2)6-5-10-3-4-11-8-13(16)14(17)9-12(11)7-10;/h3-4,7-9,16-17H,5-6H2,1-2H3;1H. The Morgan fingerprint density at radius 2 is 1.56 bits per heavy atom. The average molecular weight is 268 g/mol. The van der Waals surface area contributed by atoms with Crippen molar-refractivity contribution in [1.82, 2.24) is 4.90 Å². The van der Waals surface area contributed by atoms with Crippen LogP contribution in [0.1, 0.15) is 5.56 Å². The highest BCUT2D eigenvalue weighted by atomic mass is 35.5. The summed E-state index contributed by atoms with van der Waals surface area (Å²) in [6, 6.07) is 9.27. The highest BCUT2D eigenvalue weighted by Gasteiger charge is 2.03. The number of hydrogen-bond acceptors (Lipinski definition) is 3. The molecule has 0 aliphatic carbocycles. The molecule has 0 aliphatic heterocycles. The van der Waals surface area contributed by atoms with Crippen LogP contribution >= 0.6 is 12.4 Å². The van der Waals surface area contributed by atoms with Gasteiger partial charge in [0.05, 0.1) is 0 Å². The molecule has 0 aromatic heterocycles. The second kappa shape index (κ2) is 5.94. The Morgan fingerprint density at radius 3 is 2.17 bits per heavy atom. The molecule has 18 heavy (non-hydrogen) atoms. The minimum absolute atomic E-state index is 0. The molecule has 0 atom stereocenters. The van der Waals surface area contributed by atoms with Gasteiger partial charge in [-0.1, -0.05) is 18.2 Å². The van der Waals surface area contributed by atoms with E-state index in [0.717, 1.165) is 23.7 Å². The van der Waals surface area contributed by atoms with Crippen LogP contribution in [0.25, 0.3) is 10.8 Å². The normalized spacial score (nSPS) is 10.6. The number of likely N-dealkylation sites (N-methyl/N-ethyl adjacent to an activating group) is 1. The van der Waals surface area contributed by atoms with Gasteiger partial charge in [0.1, 0.15) is 0 Å². The topological polar surface area (TPSA) is 43.7 Å². The maximum absolute atomic E-state index is 9.47. The third-order valence-electron chi connectivity index (χ3n) is 2.85. The Morgan fingerprint density at radius 1 is 0.944 bits per heavy atom. The molecule has 0 heterocycles. The van der Waals surface area contributed by atoms with Crippen molar-refractivity contribution < 1.29 is 10.2 Å². The molecular formula is C14H18ClNO2. The Kier molecular flexibility index (Phi) is 4.82. The maximum Gasteiger partial charge on any atom is 0.158 e. The van der Waals surface area contributed by atoms with E-state index in [2.05, 4.69) is 17.0 Å².